The van der Waals surface area contributed by atoms with Gasteiger partial charge >= 0.3 is 11.9 Å². The summed E-state index contributed by atoms with van der Waals surface area (Å²) in [5, 5.41) is 0. The molecule has 148 valence electrons. The predicted molar refractivity (Wildman–Crippen MR) is 98.8 cm³/mol. The van der Waals surface area contributed by atoms with E-state index in [9.17, 15) is 9.59 Å². The molecule has 2 aromatic rings. The predicted octanol–water partition coefficient (Wildman–Crippen LogP) is 2.46. The zero-order valence-electron chi connectivity index (χ0n) is 15.6. The van der Waals surface area contributed by atoms with Gasteiger partial charge in [-0.1, -0.05) is 36.4 Å². The molecule has 0 bridgehead atoms. The van der Waals surface area contributed by atoms with E-state index in [4.69, 9.17) is 23.7 Å². The van der Waals surface area contributed by atoms with Gasteiger partial charge in [0.05, 0.1) is 17.7 Å². The second-order valence-corrected chi connectivity index (χ2v) is 6.21. The van der Waals surface area contributed by atoms with Crippen molar-refractivity contribution < 1.29 is 33.3 Å². The molecule has 0 aromatic heterocycles. The van der Waals surface area contributed by atoms with Gasteiger partial charge in [0, 0.05) is 14.2 Å². The standard InChI is InChI=1S/C21H22O7/c1-24-13-16-17(27-19(22)14-9-5-3-6-10-14)18(21(25-2)26-16)28-20(23)15-11-7-4-8-12-15/h3-12,16-18,21H,13H2,1-2H3/t16-,17-,18-,21?/m1/s1. The van der Waals surface area contributed by atoms with Crippen LogP contribution in [0.5, 0.6) is 0 Å². The lowest BCUT2D eigenvalue weighted by Crippen LogP contribution is -2.42. The van der Waals surface area contributed by atoms with E-state index in [0.29, 0.717) is 11.1 Å². The van der Waals surface area contributed by atoms with Gasteiger partial charge in [-0.3, -0.25) is 0 Å². The molecule has 1 fully saturated rings. The number of ether oxygens (including phenoxy) is 5. The Morgan fingerprint density at radius 1 is 0.821 bits per heavy atom. The van der Waals surface area contributed by atoms with Gasteiger partial charge in [0.2, 0.25) is 0 Å². The number of rotatable bonds is 7. The third-order valence-corrected chi connectivity index (χ3v) is 4.34. The third-order valence-electron chi connectivity index (χ3n) is 4.34. The van der Waals surface area contributed by atoms with E-state index < -0.39 is 36.5 Å². The zero-order valence-corrected chi connectivity index (χ0v) is 15.6. The fraction of sp³-hybridized carbons (Fsp3) is 0.333. The molecular formula is C21H22O7. The lowest BCUT2D eigenvalue weighted by Gasteiger charge is -2.23. The smallest absolute Gasteiger partial charge is 0.338 e. The van der Waals surface area contributed by atoms with Gasteiger partial charge in [0.15, 0.2) is 18.5 Å². The Kier molecular flexibility index (Phi) is 6.76. The van der Waals surface area contributed by atoms with Crippen LogP contribution in [0.4, 0.5) is 0 Å². The number of hydrogen-bond acceptors (Lipinski definition) is 7. The van der Waals surface area contributed by atoms with Gasteiger partial charge in [-0.15, -0.1) is 0 Å². The van der Waals surface area contributed by atoms with Crippen LogP contribution in [0, 0.1) is 0 Å². The molecule has 7 heteroatoms. The van der Waals surface area contributed by atoms with Crippen molar-refractivity contribution in [1.29, 1.82) is 0 Å². The Labute approximate surface area is 163 Å². The van der Waals surface area contributed by atoms with Gasteiger partial charge in [0.1, 0.15) is 6.10 Å². The maximum absolute atomic E-state index is 12.5. The first kappa shape index (κ1) is 20.0. The number of carbonyl (C=O) groups is 2. The molecule has 1 aliphatic heterocycles. The first-order chi connectivity index (χ1) is 13.6. The minimum absolute atomic E-state index is 0.145. The molecule has 0 amide bonds. The molecule has 0 saturated carbocycles. The summed E-state index contributed by atoms with van der Waals surface area (Å²) in [7, 11) is 2.93. The van der Waals surface area contributed by atoms with Crippen molar-refractivity contribution in [2.75, 3.05) is 20.8 Å². The van der Waals surface area contributed by atoms with Crippen molar-refractivity contribution in [1.82, 2.24) is 0 Å². The van der Waals surface area contributed by atoms with Gasteiger partial charge in [0.25, 0.3) is 0 Å². The number of carbonyl (C=O) groups excluding carboxylic acids is 2. The topological polar surface area (TPSA) is 80.3 Å². The van der Waals surface area contributed by atoms with Crippen molar-refractivity contribution in [2.24, 2.45) is 0 Å². The molecular weight excluding hydrogens is 364 g/mol. The largest absolute Gasteiger partial charge is 0.452 e. The van der Waals surface area contributed by atoms with Crippen LogP contribution in [-0.2, 0) is 23.7 Å². The van der Waals surface area contributed by atoms with Gasteiger partial charge in [-0.2, -0.15) is 0 Å². The monoisotopic (exact) mass is 386 g/mol. The quantitative estimate of drug-likeness (QED) is 0.676. The van der Waals surface area contributed by atoms with Crippen molar-refractivity contribution >= 4 is 11.9 Å². The van der Waals surface area contributed by atoms with Crippen LogP contribution in [-0.4, -0.2) is 57.4 Å². The van der Waals surface area contributed by atoms with Crippen molar-refractivity contribution in [3.05, 3.63) is 71.8 Å². The highest BCUT2D eigenvalue weighted by atomic mass is 16.7. The van der Waals surface area contributed by atoms with E-state index >= 15 is 0 Å². The van der Waals surface area contributed by atoms with E-state index in [1.165, 1.54) is 14.2 Å². The number of esters is 2. The van der Waals surface area contributed by atoms with Gasteiger partial charge in [-0.05, 0) is 24.3 Å². The van der Waals surface area contributed by atoms with Crippen LogP contribution in [0.3, 0.4) is 0 Å². The lowest BCUT2D eigenvalue weighted by atomic mass is 10.1. The van der Waals surface area contributed by atoms with Gasteiger partial charge < -0.3 is 23.7 Å². The van der Waals surface area contributed by atoms with Crippen LogP contribution in [0.15, 0.2) is 60.7 Å². The SMILES string of the molecule is COC[C@H]1OC(OC)[C@H](OC(=O)c2ccccc2)[C@@H]1OC(=O)c1ccccc1. The van der Waals surface area contributed by atoms with Gasteiger partial charge in [-0.25, -0.2) is 9.59 Å². The Hall–Kier alpha value is -2.74. The second-order valence-electron chi connectivity index (χ2n) is 6.21. The van der Waals surface area contributed by atoms with Crippen molar-refractivity contribution in [3.63, 3.8) is 0 Å². The average Bonchev–Trinajstić information content (AvgIpc) is 3.05. The molecule has 1 saturated heterocycles. The van der Waals surface area contributed by atoms with Crippen molar-refractivity contribution in [2.45, 2.75) is 24.6 Å². The van der Waals surface area contributed by atoms with Crippen LogP contribution >= 0.6 is 0 Å². The Balaban J connectivity index is 1.80. The highest BCUT2D eigenvalue weighted by Crippen LogP contribution is 2.29. The summed E-state index contributed by atoms with van der Waals surface area (Å²) in [4.78, 5) is 25.1. The maximum atomic E-state index is 12.5. The fourth-order valence-electron chi connectivity index (χ4n) is 2.98. The first-order valence-electron chi connectivity index (χ1n) is 8.83. The summed E-state index contributed by atoms with van der Waals surface area (Å²) in [5.74, 6) is -1.11. The van der Waals surface area contributed by atoms with E-state index in [2.05, 4.69) is 0 Å². The van der Waals surface area contributed by atoms with E-state index in [0.717, 1.165) is 0 Å². The Morgan fingerprint density at radius 2 is 1.32 bits per heavy atom. The normalized spacial score (nSPS) is 23.9. The van der Waals surface area contributed by atoms with Crippen LogP contribution < -0.4 is 0 Å². The molecule has 0 radical (unpaired) electrons. The summed E-state index contributed by atoms with van der Waals surface area (Å²) >= 11 is 0. The Bertz CT molecular complexity index is 778. The molecule has 4 atom stereocenters. The molecule has 3 rings (SSSR count). The molecule has 2 aromatic carbocycles. The van der Waals surface area contributed by atoms with E-state index in [1.807, 2.05) is 0 Å². The van der Waals surface area contributed by atoms with Crippen LogP contribution in [0.25, 0.3) is 0 Å². The molecule has 0 N–H and O–H groups in total. The maximum Gasteiger partial charge on any atom is 0.338 e. The van der Waals surface area contributed by atoms with Crippen molar-refractivity contribution in [3.8, 4) is 0 Å². The third kappa shape index (κ3) is 4.56. The van der Waals surface area contributed by atoms with Crippen LogP contribution in [0.1, 0.15) is 20.7 Å². The molecule has 1 unspecified atom stereocenters. The summed E-state index contributed by atoms with van der Waals surface area (Å²) < 4.78 is 27.5. The molecule has 28 heavy (non-hydrogen) atoms. The van der Waals surface area contributed by atoms with Crippen LogP contribution in [0.2, 0.25) is 0 Å². The molecule has 7 nitrogen and oxygen atoms in total. The fourth-order valence-corrected chi connectivity index (χ4v) is 2.98. The molecule has 0 spiro atoms. The number of methoxy groups -OCH3 is 2. The Morgan fingerprint density at radius 3 is 1.79 bits per heavy atom. The molecule has 1 heterocycles. The minimum Gasteiger partial charge on any atom is -0.452 e. The minimum atomic E-state index is -0.939. The second kappa shape index (κ2) is 9.45. The number of benzene rings is 2. The highest BCUT2D eigenvalue weighted by molar-refractivity contribution is 5.90. The summed E-state index contributed by atoms with van der Waals surface area (Å²) in [5.41, 5.74) is 0.758. The molecule has 1 aliphatic rings. The lowest BCUT2D eigenvalue weighted by molar-refractivity contribution is -0.156. The summed E-state index contributed by atoms with van der Waals surface area (Å²) in [6.45, 7) is 0.145. The number of hydrogen-bond donors (Lipinski definition) is 0. The van der Waals surface area contributed by atoms with E-state index in [-0.39, 0.29) is 6.61 Å². The summed E-state index contributed by atoms with van der Waals surface area (Å²) in [6.07, 6.45) is -3.35. The zero-order chi connectivity index (χ0) is 19.9. The highest BCUT2D eigenvalue weighted by Gasteiger charge is 2.50. The molecule has 0 aliphatic carbocycles. The summed E-state index contributed by atoms with van der Waals surface area (Å²) in [6, 6.07) is 17.1. The average molecular weight is 386 g/mol. The van der Waals surface area contributed by atoms with E-state index in [1.54, 1.807) is 60.7 Å². The first-order valence-corrected chi connectivity index (χ1v) is 8.83.